The zero-order chi connectivity index (χ0) is 15.6. The minimum absolute atomic E-state index is 0.253. The van der Waals surface area contributed by atoms with Crippen LogP contribution in [0.3, 0.4) is 0 Å². The number of hydrogen-bond donors (Lipinski definition) is 1. The summed E-state index contributed by atoms with van der Waals surface area (Å²) in [4.78, 5) is 0.253. The summed E-state index contributed by atoms with van der Waals surface area (Å²) in [6.07, 6.45) is 0. The third-order valence-electron chi connectivity index (χ3n) is 3.43. The second-order valence-corrected chi connectivity index (χ2v) is 7.62. The summed E-state index contributed by atoms with van der Waals surface area (Å²) >= 11 is 3.29. The van der Waals surface area contributed by atoms with Gasteiger partial charge >= 0.3 is 0 Å². The van der Waals surface area contributed by atoms with Crippen molar-refractivity contribution in [3.8, 4) is 0 Å². The van der Waals surface area contributed by atoms with Gasteiger partial charge in [-0.3, -0.25) is 0 Å². The van der Waals surface area contributed by atoms with Crippen molar-refractivity contribution in [1.29, 1.82) is 0 Å². The molecule has 0 radical (unpaired) electrons. The average molecular weight is 369 g/mol. The molecule has 0 spiro atoms. The molecule has 2 aromatic rings. The van der Waals surface area contributed by atoms with Crippen molar-refractivity contribution in [3.05, 3.63) is 58.6 Å². The highest BCUT2D eigenvalue weighted by atomic mass is 79.9. The Morgan fingerprint density at radius 2 is 1.81 bits per heavy atom. The van der Waals surface area contributed by atoms with E-state index in [1.165, 1.54) is 4.31 Å². The summed E-state index contributed by atoms with van der Waals surface area (Å²) in [6, 6.07) is 13.7. The van der Waals surface area contributed by atoms with Gasteiger partial charge in [-0.05, 0) is 52.7 Å². The van der Waals surface area contributed by atoms with Gasteiger partial charge in [-0.2, -0.15) is 4.31 Å². The number of anilines is 1. The zero-order valence-electron chi connectivity index (χ0n) is 11.8. The van der Waals surface area contributed by atoms with Gasteiger partial charge in [0.2, 0.25) is 10.0 Å². The molecule has 0 aliphatic carbocycles. The van der Waals surface area contributed by atoms with E-state index < -0.39 is 10.0 Å². The SMILES string of the molecule is CC(c1cccc(N)c1)N(C)S(=O)(=O)c1ccccc1Br. The van der Waals surface area contributed by atoms with E-state index in [0.29, 0.717) is 10.2 Å². The number of nitrogens with two attached hydrogens (primary N) is 1. The van der Waals surface area contributed by atoms with Crippen LogP contribution in [-0.2, 0) is 10.0 Å². The third-order valence-corrected chi connectivity index (χ3v) is 6.37. The van der Waals surface area contributed by atoms with E-state index in [0.717, 1.165) is 5.56 Å². The quantitative estimate of drug-likeness (QED) is 0.840. The van der Waals surface area contributed by atoms with Crippen molar-refractivity contribution in [2.24, 2.45) is 0 Å². The number of hydrogen-bond acceptors (Lipinski definition) is 3. The number of nitrogen functional groups attached to an aromatic ring is 1. The normalized spacial score (nSPS) is 13.3. The van der Waals surface area contributed by atoms with Crippen LogP contribution in [0, 0.1) is 0 Å². The van der Waals surface area contributed by atoms with E-state index in [1.54, 1.807) is 43.4 Å². The van der Waals surface area contributed by atoms with E-state index in [4.69, 9.17) is 5.73 Å². The van der Waals surface area contributed by atoms with E-state index in [-0.39, 0.29) is 10.9 Å². The van der Waals surface area contributed by atoms with Crippen LogP contribution < -0.4 is 5.73 Å². The van der Waals surface area contributed by atoms with E-state index in [1.807, 2.05) is 19.1 Å². The lowest BCUT2D eigenvalue weighted by molar-refractivity contribution is 0.398. The number of halogens is 1. The standard InChI is InChI=1S/C15H17BrN2O2S/c1-11(12-6-5-7-13(17)10-12)18(2)21(19,20)15-9-4-3-8-14(15)16/h3-11H,17H2,1-2H3. The van der Waals surface area contributed by atoms with Crippen LogP contribution in [0.25, 0.3) is 0 Å². The molecule has 0 saturated heterocycles. The molecule has 0 fully saturated rings. The molecule has 1 unspecified atom stereocenters. The number of nitrogens with zero attached hydrogens (tertiary/aromatic N) is 1. The Kier molecular flexibility index (Phi) is 4.70. The fourth-order valence-corrected chi connectivity index (χ4v) is 4.36. The predicted octanol–water partition coefficient (Wildman–Crippen LogP) is 3.41. The van der Waals surface area contributed by atoms with Crippen molar-refractivity contribution in [1.82, 2.24) is 4.31 Å². The van der Waals surface area contributed by atoms with Gasteiger partial charge in [0.1, 0.15) is 0 Å². The first-order valence-corrected chi connectivity index (χ1v) is 8.65. The molecule has 6 heteroatoms. The van der Waals surface area contributed by atoms with E-state index >= 15 is 0 Å². The molecule has 21 heavy (non-hydrogen) atoms. The highest BCUT2D eigenvalue weighted by Gasteiger charge is 2.27. The van der Waals surface area contributed by atoms with Crippen LogP contribution in [-0.4, -0.2) is 19.8 Å². The molecular weight excluding hydrogens is 352 g/mol. The maximum absolute atomic E-state index is 12.7. The topological polar surface area (TPSA) is 63.4 Å². The van der Waals surface area contributed by atoms with Gasteiger partial charge in [-0.15, -0.1) is 0 Å². The largest absolute Gasteiger partial charge is 0.399 e. The fourth-order valence-electron chi connectivity index (χ4n) is 2.05. The minimum Gasteiger partial charge on any atom is -0.399 e. The number of sulfonamides is 1. The van der Waals surface area contributed by atoms with E-state index in [2.05, 4.69) is 15.9 Å². The van der Waals surface area contributed by atoms with Gasteiger partial charge in [-0.1, -0.05) is 24.3 Å². The first kappa shape index (κ1) is 16.0. The lowest BCUT2D eigenvalue weighted by Gasteiger charge is -2.25. The van der Waals surface area contributed by atoms with Gasteiger partial charge < -0.3 is 5.73 Å². The molecule has 4 nitrogen and oxygen atoms in total. The molecule has 2 aromatic carbocycles. The van der Waals surface area contributed by atoms with Gasteiger partial charge in [-0.25, -0.2) is 8.42 Å². The molecule has 112 valence electrons. The van der Waals surface area contributed by atoms with Gasteiger partial charge in [0, 0.05) is 23.2 Å². The summed E-state index contributed by atoms with van der Waals surface area (Å²) in [5, 5.41) is 0. The van der Waals surface area contributed by atoms with E-state index in [9.17, 15) is 8.42 Å². The Labute approximate surface area is 133 Å². The molecule has 0 amide bonds. The molecule has 0 saturated carbocycles. The molecule has 2 rings (SSSR count). The molecule has 0 bridgehead atoms. The van der Waals surface area contributed by atoms with Crippen LogP contribution in [0.2, 0.25) is 0 Å². The van der Waals surface area contributed by atoms with Gasteiger partial charge in [0.05, 0.1) is 4.90 Å². The van der Waals surface area contributed by atoms with Crippen LogP contribution in [0.4, 0.5) is 5.69 Å². The van der Waals surface area contributed by atoms with Crippen molar-refractivity contribution in [3.63, 3.8) is 0 Å². The maximum Gasteiger partial charge on any atom is 0.244 e. The maximum atomic E-state index is 12.7. The molecule has 2 N–H and O–H groups in total. The van der Waals surface area contributed by atoms with Crippen LogP contribution in [0.5, 0.6) is 0 Å². The first-order valence-electron chi connectivity index (χ1n) is 6.42. The summed E-state index contributed by atoms with van der Waals surface area (Å²) in [6.45, 7) is 1.84. The highest BCUT2D eigenvalue weighted by Crippen LogP contribution is 2.30. The Hall–Kier alpha value is -1.37. The van der Waals surface area contributed by atoms with Crippen molar-refractivity contribution in [2.45, 2.75) is 17.9 Å². The Morgan fingerprint density at radius 3 is 2.43 bits per heavy atom. The Balaban J connectivity index is 2.39. The molecule has 0 aliphatic rings. The Morgan fingerprint density at radius 1 is 1.14 bits per heavy atom. The second-order valence-electron chi connectivity index (χ2n) is 4.80. The van der Waals surface area contributed by atoms with Crippen molar-refractivity contribution >= 4 is 31.6 Å². The molecule has 0 heterocycles. The second kappa shape index (κ2) is 6.17. The minimum atomic E-state index is -3.58. The Bertz CT molecular complexity index is 747. The summed E-state index contributed by atoms with van der Waals surface area (Å²) < 4.78 is 27.3. The lowest BCUT2D eigenvalue weighted by atomic mass is 10.1. The average Bonchev–Trinajstić information content (AvgIpc) is 2.46. The summed E-state index contributed by atoms with van der Waals surface area (Å²) in [7, 11) is -2.01. The number of benzene rings is 2. The molecular formula is C15H17BrN2O2S. The van der Waals surface area contributed by atoms with Gasteiger partial charge in [0.25, 0.3) is 0 Å². The van der Waals surface area contributed by atoms with Crippen molar-refractivity contribution < 1.29 is 8.42 Å². The molecule has 0 aromatic heterocycles. The van der Waals surface area contributed by atoms with Crippen molar-refractivity contribution in [2.75, 3.05) is 12.8 Å². The third kappa shape index (κ3) is 3.28. The van der Waals surface area contributed by atoms with Crippen LogP contribution in [0.1, 0.15) is 18.5 Å². The highest BCUT2D eigenvalue weighted by molar-refractivity contribution is 9.10. The summed E-state index contributed by atoms with van der Waals surface area (Å²) in [5.74, 6) is 0. The monoisotopic (exact) mass is 368 g/mol. The van der Waals surface area contributed by atoms with Crippen LogP contribution >= 0.6 is 15.9 Å². The van der Waals surface area contributed by atoms with Crippen LogP contribution in [0.15, 0.2) is 57.9 Å². The summed E-state index contributed by atoms with van der Waals surface area (Å²) in [5.41, 5.74) is 7.24. The molecule has 1 atom stereocenters. The smallest absolute Gasteiger partial charge is 0.244 e. The fraction of sp³-hybridized carbons (Fsp3) is 0.200. The first-order chi connectivity index (χ1) is 9.84. The zero-order valence-corrected chi connectivity index (χ0v) is 14.2. The molecule has 0 aliphatic heterocycles. The number of rotatable bonds is 4. The van der Waals surface area contributed by atoms with Gasteiger partial charge in [0.15, 0.2) is 0 Å². The predicted molar refractivity (Wildman–Crippen MR) is 88.4 cm³/mol. The lowest BCUT2D eigenvalue weighted by Crippen LogP contribution is -2.30.